The van der Waals surface area contributed by atoms with Crippen LogP contribution in [0.25, 0.3) is 0 Å². The lowest BCUT2D eigenvalue weighted by atomic mass is 9.76. The average Bonchev–Trinajstić information content (AvgIpc) is 2.31. The van der Waals surface area contributed by atoms with Crippen molar-refractivity contribution in [1.29, 1.82) is 0 Å². The maximum atomic E-state index is 13.6. The molecule has 4 heteroatoms. The molecule has 1 rings (SSSR count). The highest BCUT2D eigenvalue weighted by atomic mass is 19.1. The van der Waals surface area contributed by atoms with Crippen LogP contribution < -0.4 is 5.73 Å². The number of benzene rings is 1. The summed E-state index contributed by atoms with van der Waals surface area (Å²) in [5.74, 6) is -0.823. The molecule has 1 aromatic rings. The fourth-order valence-corrected chi connectivity index (χ4v) is 2.35. The van der Waals surface area contributed by atoms with Gasteiger partial charge in [0, 0.05) is 18.0 Å². The molecule has 1 unspecified atom stereocenters. The predicted octanol–water partition coefficient (Wildman–Crippen LogP) is 2.49. The minimum absolute atomic E-state index is 0.0987. The van der Waals surface area contributed by atoms with E-state index < -0.39 is 17.0 Å². The molecule has 0 amide bonds. The zero-order valence-corrected chi connectivity index (χ0v) is 10.9. The van der Waals surface area contributed by atoms with Gasteiger partial charge in [0.05, 0.1) is 6.61 Å². The first-order chi connectivity index (χ1) is 8.42. The number of nitrogens with two attached hydrogens (primary N) is 1. The lowest BCUT2D eigenvalue weighted by Crippen LogP contribution is -2.38. The molecule has 0 radical (unpaired) electrons. The quantitative estimate of drug-likeness (QED) is 0.822. The van der Waals surface area contributed by atoms with Gasteiger partial charge in [0.15, 0.2) is 0 Å². The highest BCUT2D eigenvalue weighted by molar-refractivity contribution is 5.20. The summed E-state index contributed by atoms with van der Waals surface area (Å²) in [6, 6.07) is 3.51. The van der Waals surface area contributed by atoms with Gasteiger partial charge >= 0.3 is 0 Å². The van der Waals surface area contributed by atoms with Crippen molar-refractivity contribution in [2.75, 3.05) is 13.2 Å². The van der Waals surface area contributed by atoms with Crippen molar-refractivity contribution in [3.8, 4) is 0 Å². The second kappa shape index (κ2) is 6.25. The van der Waals surface area contributed by atoms with E-state index in [2.05, 4.69) is 0 Å². The van der Waals surface area contributed by atoms with Gasteiger partial charge in [0.25, 0.3) is 0 Å². The van der Waals surface area contributed by atoms with Crippen molar-refractivity contribution >= 4 is 0 Å². The van der Waals surface area contributed by atoms with E-state index in [4.69, 9.17) is 5.73 Å². The van der Waals surface area contributed by atoms with Crippen LogP contribution in [0.4, 0.5) is 8.78 Å². The molecule has 0 spiro atoms. The normalized spacial score (nSPS) is 14.8. The standard InChI is InChI=1S/C14H21F2NO/c1-10(2)6-14(8-17,9-18)7-11-3-4-12(15)5-13(11)16/h3-5,10,18H,6-9,17H2,1-2H3. The minimum Gasteiger partial charge on any atom is -0.396 e. The van der Waals surface area contributed by atoms with Crippen LogP contribution in [0.1, 0.15) is 25.8 Å². The smallest absolute Gasteiger partial charge is 0.129 e. The molecule has 2 nitrogen and oxygen atoms in total. The van der Waals surface area contributed by atoms with Crippen molar-refractivity contribution < 1.29 is 13.9 Å². The summed E-state index contributed by atoms with van der Waals surface area (Å²) in [5, 5.41) is 9.56. The molecule has 1 atom stereocenters. The van der Waals surface area contributed by atoms with Crippen LogP contribution >= 0.6 is 0 Å². The largest absolute Gasteiger partial charge is 0.396 e. The summed E-state index contributed by atoms with van der Waals surface area (Å²) in [6.45, 7) is 4.24. The van der Waals surface area contributed by atoms with Gasteiger partial charge in [-0.3, -0.25) is 0 Å². The van der Waals surface area contributed by atoms with Gasteiger partial charge in [-0.15, -0.1) is 0 Å². The summed E-state index contributed by atoms with van der Waals surface area (Å²) in [4.78, 5) is 0. The van der Waals surface area contributed by atoms with Gasteiger partial charge in [0.1, 0.15) is 11.6 Å². The summed E-state index contributed by atoms with van der Waals surface area (Å²) in [7, 11) is 0. The molecule has 0 aliphatic rings. The summed E-state index contributed by atoms with van der Waals surface area (Å²) in [5.41, 5.74) is 5.60. The zero-order chi connectivity index (χ0) is 13.8. The van der Waals surface area contributed by atoms with E-state index in [1.165, 1.54) is 12.1 Å². The molecule has 0 aliphatic heterocycles. The first-order valence-electron chi connectivity index (χ1n) is 6.17. The number of aliphatic hydroxyl groups is 1. The average molecular weight is 257 g/mol. The van der Waals surface area contributed by atoms with E-state index in [0.717, 1.165) is 6.07 Å². The van der Waals surface area contributed by atoms with Crippen LogP contribution in [-0.4, -0.2) is 18.3 Å². The Morgan fingerprint density at radius 2 is 2.00 bits per heavy atom. The Hall–Kier alpha value is -1.00. The van der Waals surface area contributed by atoms with E-state index in [9.17, 15) is 13.9 Å². The molecule has 102 valence electrons. The number of hydrogen-bond donors (Lipinski definition) is 2. The van der Waals surface area contributed by atoms with E-state index in [-0.39, 0.29) is 13.2 Å². The molecule has 0 aliphatic carbocycles. The van der Waals surface area contributed by atoms with E-state index in [0.29, 0.717) is 24.3 Å². The Morgan fingerprint density at radius 3 is 2.44 bits per heavy atom. The van der Waals surface area contributed by atoms with Crippen LogP contribution in [0, 0.1) is 23.0 Å². The number of aliphatic hydroxyl groups excluding tert-OH is 1. The molecule has 3 N–H and O–H groups in total. The Bertz CT molecular complexity index is 389. The van der Waals surface area contributed by atoms with E-state index in [1.807, 2.05) is 13.8 Å². The van der Waals surface area contributed by atoms with Gasteiger partial charge in [-0.2, -0.15) is 0 Å². The van der Waals surface area contributed by atoms with Crippen molar-refractivity contribution in [2.24, 2.45) is 17.1 Å². The molecular formula is C14H21F2NO. The maximum absolute atomic E-state index is 13.6. The summed E-state index contributed by atoms with van der Waals surface area (Å²) >= 11 is 0. The molecule has 0 saturated carbocycles. The number of hydrogen-bond acceptors (Lipinski definition) is 2. The Labute approximate surface area is 107 Å². The molecule has 0 heterocycles. The van der Waals surface area contributed by atoms with Crippen molar-refractivity contribution in [3.63, 3.8) is 0 Å². The monoisotopic (exact) mass is 257 g/mol. The van der Waals surface area contributed by atoms with Gasteiger partial charge < -0.3 is 10.8 Å². The Morgan fingerprint density at radius 1 is 1.33 bits per heavy atom. The van der Waals surface area contributed by atoms with Gasteiger partial charge in [0.2, 0.25) is 0 Å². The highest BCUT2D eigenvalue weighted by Crippen LogP contribution is 2.30. The van der Waals surface area contributed by atoms with Crippen molar-refractivity contribution in [1.82, 2.24) is 0 Å². The molecule has 1 aromatic carbocycles. The highest BCUT2D eigenvalue weighted by Gasteiger charge is 2.30. The fourth-order valence-electron chi connectivity index (χ4n) is 2.35. The molecule has 0 aromatic heterocycles. The summed E-state index contributed by atoms with van der Waals surface area (Å²) in [6.07, 6.45) is 1.03. The van der Waals surface area contributed by atoms with E-state index in [1.54, 1.807) is 0 Å². The molecule has 18 heavy (non-hydrogen) atoms. The zero-order valence-electron chi connectivity index (χ0n) is 10.9. The third-order valence-electron chi connectivity index (χ3n) is 3.19. The molecular weight excluding hydrogens is 236 g/mol. The van der Waals surface area contributed by atoms with Crippen LogP contribution in [0.2, 0.25) is 0 Å². The first-order valence-corrected chi connectivity index (χ1v) is 6.17. The third kappa shape index (κ3) is 3.75. The van der Waals surface area contributed by atoms with Crippen LogP contribution in [-0.2, 0) is 6.42 Å². The van der Waals surface area contributed by atoms with Crippen LogP contribution in [0.15, 0.2) is 18.2 Å². The number of rotatable bonds is 6. The lowest BCUT2D eigenvalue weighted by molar-refractivity contribution is 0.107. The van der Waals surface area contributed by atoms with Gasteiger partial charge in [-0.25, -0.2) is 8.78 Å². The number of halogens is 2. The SMILES string of the molecule is CC(C)CC(CN)(CO)Cc1ccc(F)cc1F. The first kappa shape index (κ1) is 15.1. The van der Waals surface area contributed by atoms with Crippen molar-refractivity contribution in [2.45, 2.75) is 26.7 Å². The van der Waals surface area contributed by atoms with E-state index >= 15 is 0 Å². The molecule has 0 fully saturated rings. The van der Waals surface area contributed by atoms with Gasteiger partial charge in [-0.05, 0) is 30.4 Å². The predicted molar refractivity (Wildman–Crippen MR) is 68.1 cm³/mol. The van der Waals surface area contributed by atoms with Crippen molar-refractivity contribution in [3.05, 3.63) is 35.4 Å². The molecule has 0 saturated heterocycles. The van der Waals surface area contributed by atoms with Crippen LogP contribution in [0.5, 0.6) is 0 Å². The Balaban J connectivity index is 2.95. The van der Waals surface area contributed by atoms with Crippen LogP contribution in [0.3, 0.4) is 0 Å². The lowest BCUT2D eigenvalue weighted by Gasteiger charge is -2.32. The minimum atomic E-state index is -0.595. The molecule has 0 bridgehead atoms. The summed E-state index contributed by atoms with van der Waals surface area (Å²) < 4.78 is 26.5. The second-order valence-electron chi connectivity index (χ2n) is 5.37. The maximum Gasteiger partial charge on any atom is 0.129 e. The second-order valence-corrected chi connectivity index (χ2v) is 5.37. The fraction of sp³-hybridized carbons (Fsp3) is 0.571. The third-order valence-corrected chi connectivity index (χ3v) is 3.19. The Kier molecular flexibility index (Phi) is 5.23. The van der Waals surface area contributed by atoms with Gasteiger partial charge in [-0.1, -0.05) is 19.9 Å². The topological polar surface area (TPSA) is 46.2 Å².